The number of rotatable bonds is 7. The molecule has 0 aromatic heterocycles. The van der Waals surface area contributed by atoms with Crippen molar-refractivity contribution < 1.29 is 9.59 Å². The molecule has 0 spiro atoms. The predicted octanol–water partition coefficient (Wildman–Crippen LogP) is 4.43. The lowest BCUT2D eigenvalue weighted by Crippen LogP contribution is -2.42. The highest BCUT2D eigenvalue weighted by Crippen LogP contribution is 2.46. The van der Waals surface area contributed by atoms with Gasteiger partial charge in [0.1, 0.15) is 0 Å². The Hall–Kier alpha value is -3.50. The molecule has 0 amide bonds. The molecule has 0 radical (unpaired) electrons. The Labute approximate surface area is 199 Å². The van der Waals surface area contributed by atoms with Crippen LogP contribution in [0.15, 0.2) is 56.6 Å². The van der Waals surface area contributed by atoms with Crippen molar-refractivity contribution in [2.45, 2.75) is 70.0 Å². The summed E-state index contributed by atoms with van der Waals surface area (Å²) in [7, 11) is 0. The molecule has 4 rings (SSSR count). The van der Waals surface area contributed by atoms with Crippen LogP contribution in [-0.2, 0) is 27.8 Å². The third-order valence-electron chi connectivity index (χ3n) is 6.96. The smallest absolute Gasteiger partial charge is 0.235 e. The fraction of sp³-hybridized carbons (Fsp3) is 0.407. The minimum Gasteiger partial charge on any atom is -0.328 e. The van der Waals surface area contributed by atoms with E-state index in [0.29, 0.717) is 12.8 Å². The van der Waals surface area contributed by atoms with E-state index in [9.17, 15) is 9.59 Å². The Morgan fingerprint density at radius 2 is 1.47 bits per heavy atom. The van der Waals surface area contributed by atoms with Crippen LogP contribution in [0.4, 0.5) is 0 Å². The van der Waals surface area contributed by atoms with Crippen molar-refractivity contribution >= 4 is 24.1 Å². The number of hydrogen-bond acceptors (Lipinski definition) is 7. The monoisotopic (exact) mass is 455 g/mol. The van der Waals surface area contributed by atoms with Gasteiger partial charge in [0.05, 0.1) is 23.2 Å². The molecule has 0 saturated heterocycles. The highest BCUT2D eigenvalue weighted by Gasteiger charge is 2.45. The van der Waals surface area contributed by atoms with E-state index in [0.717, 1.165) is 29.7 Å². The summed E-state index contributed by atoms with van der Waals surface area (Å²) < 4.78 is 0. The summed E-state index contributed by atoms with van der Waals surface area (Å²) >= 11 is 0. The maximum atomic E-state index is 10.8. The third kappa shape index (κ3) is 4.22. The van der Waals surface area contributed by atoms with Crippen LogP contribution in [-0.4, -0.2) is 30.1 Å². The van der Waals surface area contributed by atoms with Crippen molar-refractivity contribution in [2.24, 2.45) is 25.9 Å². The van der Waals surface area contributed by atoms with Crippen LogP contribution >= 0.6 is 0 Å². The molecule has 0 fully saturated rings. The first kappa shape index (κ1) is 23.7. The topological polar surface area (TPSA) is 110 Å². The number of fused-ring (bicyclic) bond motifs is 2. The van der Waals surface area contributed by atoms with Gasteiger partial charge in [-0.15, -0.1) is 0 Å². The lowest BCUT2D eigenvalue weighted by Gasteiger charge is -2.38. The van der Waals surface area contributed by atoms with E-state index in [4.69, 9.17) is 5.73 Å². The van der Waals surface area contributed by atoms with E-state index in [-0.39, 0.29) is 18.1 Å². The van der Waals surface area contributed by atoms with Crippen molar-refractivity contribution in [1.82, 2.24) is 0 Å². The van der Waals surface area contributed by atoms with Crippen molar-refractivity contribution in [3.05, 3.63) is 69.8 Å². The van der Waals surface area contributed by atoms with Crippen LogP contribution < -0.4 is 5.73 Å². The molecular weight excluding hydrogens is 426 g/mol. The number of aryl methyl sites for hydroxylation is 2. The average Bonchev–Trinajstić information content (AvgIpc) is 3.33. The fourth-order valence-corrected chi connectivity index (χ4v) is 5.38. The number of isocyanates is 2. The molecule has 2 N–H and O–H groups in total. The number of carbonyl (C=O) groups excluding carboxylic acids is 2. The highest BCUT2D eigenvalue weighted by molar-refractivity contribution is 6.07. The van der Waals surface area contributed by atoms with Crippen molar-refractivity contribution in [3.63, 3.8) is 0 Å². The van der Waals surface area contributed by atoms with Gasteiger partial charge in [0.25, 0.3) is 0 Å². The second-order valence-corrected chi connectivity index (χ2v) is 9.26. The molecule has 1 aliphatic carbocycles. The lowest BCUT2D eigenvalue weighted by molar-refractivity contribution is 0.535. The van der Waals surface area contributed by atoms with E-state index in [1.54, 1.807) is 12.2 Å². The molecule has 2 aromatic rings. The number of hydrogen-bond donors (Lipinski definition) is 1. The van der Waals surface area contributed by atoms with Crippen LogP contribution in [0.2, 0.25) is 0 Å². The molecule has 174 valence electrons. The number of nitrogens with two attached hydrogens (primary N) is 1. The quantitative estimate of drug-likeness (QED) is 0.492. The van der Waals surface area contributed by atoms with Crippen molar-refractivity contribution in [1.29, 1.82) is 0 Å². The second-order valence-electron chi connectivity index (χ2n) is 9.26. The van der Waals surface area contributed by atoms with Gasteiger partial charge >= 0.3 is 0 Å². The molecular formula is C27H29N5O2. The molecule has 34 heavy (non-hydrogen) atoms. The molecule has 0 saturated carbocycles. The van der Waals surface area contributed by atoms with Crippen LogP contribution in [0.3, 0.4) is 0 Å². The molecule has 1 heterocycles. The number of nitrogens with zero attached hydrogens (tertiary/aromatic N) is 4. The average molecular weight is 456 g/mol. The lowest BCUT2D eigenvalue weighted by atomic mass is 9.65. The van der Waals surface area contributed by atoms with Crippen molar-refractivity contribution in [3.8, 4) is 0 Å². The van der Waals surface area contributed by atoms with Gasteiger partial charge in [-0.2, -0.15) is 20.2 Å². The summed E-state index contributed by atoms with van der Waals surface area (Å²) in [6.07, 6.45) is 8.16. The first-order valence-electron chi connectivity index (χ1n) is 11.7. The Kier molecular flexibility index (Phi) is 6.80. The third-order valence-corrected chi connectivity index (χ3v) is 6.96. The Balaban J connectivity index is 1.98. The van der Waals surface area contributed by atoms with Gasteiger partial charge in [-0.3, -0.25) is 0 Å². The highest BCUT2D eigenvalue weighted by atomic mass is 16.1. The van der Waals surface area contributed by atoms with Gasteiger partial charge in [0.15, 0.2) is 0 Å². The van der Waals surface area contributed by atoms with E-state index in [1.807, 2.05) is 39.1 Å². The molecule has 2 aliphatic rings. The van der Waals surface area contributed by atoms with Gasteiger partial charge in [-0.25, -0.2) is 9.59 Å². The van der Waals surface area contributed by atoms with E-state index in [2.05, 4.69) is 44.5 Å². The maximum absolute atomic E-state index is 10.8. The molecule has 2 unspecified atom stereocenters. The normalized spacial score (nSPS) is 21.1. The van der Waals surface area contributed by atoms with E-state index < -0.39 is 5.41 Å². The minimum absolute atomic E-state index is 0.0846. The van der Waals surface area contributed by atoms with Crippen molar-refractivity contribution in [2.75, 3.05) is 0 Å². The summed E-state index contributed by atoms with van der Waals surface area (Å²) in [5, 5.41) is 8.80. The van der Waals surface area contributed by atoms with Crippen LogP contribution in [0.5, 0.6) is 0 Å². The van der Waals surface area contributed by atoms with Crippen LogP contribution in [0.1, 0.15) is 79.1 Å². The van der Waals surface area contributed by atoms with E-state index in [1.165, 1.54) is 22.3 Å². The number of benzene rings is 2. The molecule has 3 atom stereocenters. The summed E-state index contributed by atoms with van der Waals surface area (Å²) in [5.74, 6) is 0. The first-order valence-corrected chi connectivity index (χ1v) is 11.7. The van der Waals surface area contributed by atoms with Crippen LogP contribution in [0.25, 0.3) is 0 Å². The number of aliphatic imine (C=N–C) groups is 2. The molecule has 2 aromatic carbocycles. The second kappa shape index (κ2) is 9.78. The zero-order chi connectivity index (χ0) is 24.3. The Morgan fingerprint density at radius 3 is 1.88 bits per heavy atom. The minimum atomic E-state index is -0.531. The van der Waals surface area contributed by atoms with Gasteiger partial charge in [-0.05, 0) is 73.4 Å². The van der Waals surface area contributed by atoms with Gasteiger partial charge in [0, 0.05) is 18.7 Å². The predicted molar refractivity (Wildman–Crippen MR) is 133 cm³/mol. The summed E-state index contributed by atoms with van der Waals surface area (Å²) in [5.41, 5.74) is 13.6. The molecule has 1 aliphatic heterocycles. The summed E-state index contributed by atoms with van der Waals surface area (Å²) in [6, 6.07) is 12.1. The summed E-state index contributed by atoms with van der Waals surface area (Å²) in [4.78, 5) is 29.5. The fourth-order valence-electron chi connectivity index (χ4n) is 5.38. The first-order chi connectivity index (χ1) is 16.4. The largest absolute Gasteiger partial charge is 0.328 e. The van der Waals surface area contributed by atoms with Gasteiger partial charge in [0.2, 0.25) is 12.2 Å². The Morgan fingerprint density at radius 1 is 0.941 bits per heavy atom. The van der Waals surface area contributed by atoms with E-state index >= 15 is 0 Å². The van der Waals surface area contributed by atoms with Gasteiger partial charge < -0.3 is 5.73 Å². The maximum Gasteiger partial charge on any atom is 0.235 e. The zero-order valence-electron chi connectivity index (χ0n) is 19.8. The Bertz CT molecular complexity index is 1170. The van der Waals surface area contributed by atoms with Gasteiger partial charge in [-0.1, -0.05) is 36.4 Å². The molecule has 7 nitrogen and oxygen atoms in total. The SMILES string of the molecule is CC(N=C=O)c1ccc2c(c1)CCc1cc(C(C)N=C=O)ccc1C2(C[C@H](C)N)C1=NN=CC1. The molecule has 7 heteroatoms. The standard InChI is InChI=1S/C27H29N5O2/c1-17(28)14-27(26-10-11-31-32-26)24-8-6-20(18(2)29-15-33)12-22(24)4-5-23-13-21(7-9-25(23)27)19(3)30-16-34/h6-9,11-13,17-19H,4-5,10,14,28H2,1-3H3/t17-,18?,19?,27?/m0/s1. The molecule has 0 bridgehead atoms. The summed E-state index contributed by atoms with van der Waals surface area (Å²) in [6.45, 7) is 5.81. The zero-order valence-corrected chi connectivity index (χ0v) is 19.8. The van der Waals surface area contributed by atoms with Crippen LogP contribution in [0, 0.1) is 0 Å².